The highest BCUT2D eigenvalue weighted by Gasteiger charge is 2.59. The van der Waals surface area contributed by atoms with E-state index in [1.807, 2.05) is 30.3 Å². The molecule has 1 aromatic carbocycles. The average molecular weight is 457 g/mol. The van der Waals surface area contributed by atoms with Gasteiger partial charge < -0.3 is 19.5 Å². The van der Waals surface area contributed by atoms with Crippen LogP contribution in [0.5, 0.6) is 23.1 Å². The van der Waals surface area contributed by atoms with Gasteiger partial charge in [0, 0.05) is 60.7 Å². The number of pyridine rings is 2. The SMILES string of the molecule is COc1cc(CC(=O)C[C@H]2C3c4cc(Oc5ccnc6c5CCC(=O)N6)ccc4O[C@@H]32)ccn1. The largest absolute Gasteiger partial charge is 0.489 e. The molecule has 3 aliphatic rings. The molecule has 1 saturated carbocycles. The van der Waals surface area contributed by atoms with E-state index in [9.17, 15) is 9.59 Å². The Morgan fingerprint density at radius 1 is 1.15 bits per heavy atom. The van der Waals surface area contributed by atoms with Gasteiger partial charge in [0.15, 0.2) is 0 Å². The Balaban J connectivity index is 1.14. The lowest BCUT2D eigenvalue weighted by Crippen LogP contribution is -2.20. The first-order valence-corrected chi connectivity index (χ1v) is 11.4. The third-order valence-electron chi connectivity index (χ3n) is 6.67. The van der Waals surface area contributed by atoms with E-state index in [-0.39, 0.29) is 29.6 Å². The molecule has 2 aromatic heterocycles. The van der Waals surface area contributed by atoms with Crippen molar-refractivity contribution in [2.24, 2.45) is 5.92 Å². The summed E-state index contributed by atoms with van der Waals surface area (Å²) < 4.78 is 17.4. The summed E-state index contributed by atoms with van der Waals surface area (Å²) in [5, 5.41) is 2.80. The number of methoxy groups -OCH3 is 1. The van der Waals surface area contributed by atoms with Crippen LogP contribution in [0.1, 0.15) is 35.4 Å². The van der Waals surface area contributed by atoms with Crippen molar-refractivity contribution in [1.29, 1.82) is 0 Å². The predicted molar refractivity (Wildman–Crippen MR) is 122 cm³/mol. The molecule has 0 saturated heterocycles. The van der Waals surface area contributed by atoms with Gasteiger partial charge in [-0.3, -0.25) is 9.59 Å². The van der Waals surface area contributed by atoms with Gasteiger partial charge in [0.25, 0.3) is 0 Å². The number of amides is 1. The minimum atomic E-state index is -0.0322. The summed E-state index contributed by atoms with van der Waals surface area (Å²) >= 11 is 0. The monoisotopic (exact) mass is 457 g/mol. The molecular weight excluding hydrogens is 434 g/mol. The van der Waals surface area contributed by atoms with Crippen LogP contribution in [0, 0.1) is 5.92 Å². The number of nitrogens with zero attached hydrogens (tertiary/aromatic N) is 2. The van der Waals surface area contributed by atoms with Gasteiger partial charge >= 0.3 is 0 Å². The van der Waals surface area contributed by atoms with E-state index < -0.39 is 0 Å². The Morgan fingerprint density at radius 2 is 2.03 bits per heavy atom. The number of Topliss-reactive ketones (excluding diaryl/α,β-unsaturated/α-hetero) is 1. The molecule has 2 aliphatic heterocycles. The van der Waals surface area contributed by atoms with Gasteiger partial charge in [-0.05, 0) is 42.3 Å². The number of carbonyl (C=O) groups is 2. The van der Waals surface area contributed by atoms with Crippen molar-refractivity contribution in [1.82, 2.24) is 9.97 Å². The molecule has 34 heavy (non-hydrogen) atoms. The van der Waals surface area contributed by atoms with Crippen molar-refractivity contribution in [3.05, 3.63) is 65.5 Å². The number of anilines is 1. The summed E-state index contributed by atoms with van der Waals surface area (Å²) in [6.45, 7) is 0. The quantitative estimate of drug-likeness (QED) is 0.575. The van der Waals surface area contributed by atoms with Gasteiger partial charge in [-0.2, -0.15) is 0 Å². The zero-order valence-electron chi connectivity index (χ0n) is 18.6. The smallest absolute Gasteiger partial charge is 0.225 e. The highest BCUT2D eigenvalue weighted by atomic mass is 16.5. The van der Waals surface area contributed by atoms with E-state index in [0.29, 0.717) is 48.9 Å². The third-order valence-corrected chi connectivity index (χ3v) is 6.67. The molecule has 0 radical (unpaired) electrons. The zero-order chi connectivity index (χ0) is 23.2. The lowest BCUT2D eigenvalue weighted by Gasteiger charge is -2.19. The van der Waals surface area contributed by atoms with Crippen LogP contribution < -0.4 is 19.5 Å². The van der Waals surface area contributed by atoms with Gasteiger partial charge in [-0.25, -0.2) is 9.97 Å². The van der Waals surface area contributed by atoms with Crippen LogP contribution in [0.3, 0.4) is 0 Å². The van der Waals surface area contributed by atoms with Crippen molar-refractivity contribution < 1.29 is 23.8 Å². The van der Waals surface area contributed by atoms with Crippen LogP contribution in [-0.4, -0.2) is 34.9 Å². The maximum atomic E-state index is 12.7. The lowest BCUT2D eigenvalue weighted by atomic mass is 10.0. The molecule has 3 atom stereocenters. The summed E-state index contributed by atoms with van der Waals surface area (Å²) in [7, 11) is 1.56. The number of benzene rings is 1. The molecule has 8 nitrogen and oxygen atoms in total. The Bertz CT molecular complexity index is 1310. The molecule has 8 heteroatoms. The van der Waals surface area contributed by atoms with Crippen LogP contribution in [0.15, 0.2) is 48.8 Å². The highest BCUT2D eigenvalue weighted by molar-refractivity contribution is 5.93. The van der Waals surface area contributed by atoms with E-state index >= 15 is 0 Å². The topological polar surface area (TPSA) is 99.6 Å². The fourth-order valence-corrected chi connectivity index (χ4v) is 4.97. The van der Waals surface area contributed by atoms with Crippen molar-refractivity contribution in [2.75, 3.05) is 12.4 Å². The molecule has 4 heterocycles. The molecule has 172 valence electrons. The predicted octanol–water partition coefficient (Wildman–Crippen LogP) is 3.84. The van der Waals surface area contributed by atoms with Crippen LogP contribution in [-0.2, 0) is 22.4 Å². The van der Waals surface area contributed by atoms with Crippen molar-refractivity contribution in [3.8, 4) is 23.1 Å². The second kappa shape index (κ2) is 8.13. The van der Waals surface area contributed by atoms with Crippen LogP contribution >= 0.6 is 0 Å². The molecule has 3 aromatic rings. The zero-order valence-corrected chi connectivity index (χ0v) is 18.6. The fraction of sp³-hybridized carbons (Fsp3) is 0.308. The average Bonchev–Trinajstić information content (AvgIpc) is 3.35. The molecule has 1 N–H and O–H groups in total. The molecule has 6 rings (SSSR count). The third kappa shape index (κ3) is 3.75. The number of ether oxygens (including phenoxy) is 3. The second-order valence-corrected chi connectivity index (χ2v) is 8.88. The molecule has 1 aliphatic carbocycles. The van der Waals surface area contributed by atoms with Crippen molar-refractivity contribution in [2.45, 2.75) is 37.7 Å². The van der Waals surface area contributed by atoms with E-state index in [1.54, 1.807) is 25.6 Å². The second-order valence-electron chi connectivity index (χ2n) is 8.88. The summed E-state index contributed by atoms with van der Waals surface area (Å²) in [4.78, 5) is 32.7. The normalized spacial score (nSPS) is 21.4. The first kappa shape index (κ1) is 20.7. The van der Waals surface area contributed by atoms with Gasteiger partial charge in [0.05, 0.1) is 7.11 Å². The maximum Gasteiger partial charge on any atom is 0.225 e. The minimum Gasteiger partial charge on any atom is -0.489 e. The Kier molecular flexibility index (Phi) is 4.94. The van der Waals surface area contributed by atoms with Gasteiger partial charge in [0.1, 0.15) is 35.0 Å². The van der Waals surface area contributed by atoms with Crippen molar-refractivity contribution in [3.63, 3.8) is 0 Å². The van der Waals surface area contributed by atoms with Crippen LogP contribution in [0.4, 0.5) is 5.82 Å². The van der Waals surface area contributed by atoms with E-state index in [4.69, 9.17) is 14.2 Å². The van der Waals surface area contributed by atoms with E-state index in [2.05, 4.69) is 15.3 Å². The molecule has 1 unspecified atom stereocenters. The molecule has 0 spiro atoms. The van der Waals surface area contributed by atoms with E-state index in [1.165, 1.54) is 0 Å². The van der Waals surface area contributed by atoms with Crippen LogP contribution in [0.25, 0.3) is 0 Å². The number of fused-ring (bicyclic) bond motifs is 4. The summed E-state index contributed by atoms with van der Waals surface area (Å²) in [6.07, 6.45) is 5.17. The number of aromatic nitrogens is 2. The van der Waals surface area contributed by atoms with Crippen molar-refractivity contribution >= 4 is 17.5 Å². The number of ketones is 1. The Morgan fingerprint density at radius 3 is 2.91 bits per heavy atom. The number of nitrogens with one attached hydrogen (secondary N) is 1. The van der Waals surface area contributed by atoms with E-state index in [0.717, 1.165) is 22.4 Å². The summed E-state index contributed by atoms with van der Waals surface area (Å²) in [5.74, 6) is 3.86. The van der Waals surface area contributed by atoms with Crippen LogP contribution in [0.2, 0.25) is 0 Å². The molecular formula is C26H23N3O5. The first-order valence-electron chi connectivity index (χ1n) is 11.4. The molecule has 0 bridgehead atoms. The Labute approximate surface area is 196 Å². The lowest BCUT2D eigenvalue weighted by molar-refractivity contribution is -0.119. The van der Waals surface area contributed by atoms with Gasteiger partial charge in [-0.1, -0.05) is 0 Å². The maximum absolute atomic E-state index is 12.7. The number of rotatable bonds is 7. The van der Waals surface area contributed by atoms with Gasteiger partial charge in [0.2, 0.25) is 11.8 Å². The van der Waals surface area contributed by atoms with Gasteiger partial charge in [-0.15, -0.1) is 0 Å². The number of hydrogen-bond donors (Lipinski definition) is 1. The molecule has 1 amide bonds. The number of carbonyl (C=O) groups excluding carboxylic acids is 2. The highest BCUT2D eigenvalue weighted by Crippen LogP contribution is 2.60. The first-order chi connectivity index (χ1) is 16.6. The molecule has 1 fully saturated rings. The minimum absolute atomic E-state index is 0.0322. The Hall–Kier alpha value is -3.94. The number of hydrogen-bond acceptors (Lipinski definition) is 7. The summed E-state index contributed by atoms with van der Waals surface area (Å²) in [6, 6.07) is 11.3. The standard InChI is InChI=1S/C26H23N3O5/c1-32-23-11-14(6-8-27-23)10-15(30)12-19-24-18-13-16(2-4-20(18)34-25(19)24)33-21-7-9-28-26-17(21)3-5-22(31)29-26/h2,4,6-9,11,13,19,24-25H,3,5,10,12H2,1H3,(H,28,29,31)/t19-,24?,25+/m0/s1. The fourth-order valence-electron chi connectivity index (χ4n) is 4.97. The summed E-state index contributed by atoms with van der Waals surface area (Å²) in [5.41, 5.74) is 2.89.